The highest BCUT2D eigenvalue weighted by Crippen LogP contribution is 2.20. The lowest BCUT2D eigenvalue weighted by atomic mass is 10.2. The van der Waals surface area contributed by atoms with E-state index in [0.29, 0.717) is 4.90 Å². The molecule has 8 heteroatoms. The first-order valence-corrected chi connectivity index (χ1v) is 5.32. The van der Waals surface area contributed by atoms with E-state index in [1.54, 1.807) is 0 Å². The normalized spacial score (nSPS) is 11.7. The van der Waals surface area contributed by atoms with Crippen molar-refractivity contribution in [2.24, 2.45) is 0 Å². The molecule has 0 unspecified atom stereocenters. The van der Waals surface area contributed by atoms with Crippen LogP contribution >= 0.6 is 0 Å². The molecule has 0 saturated heterocycles. The van der Waals surface area contributed by atoms with Crippen LogP contribution in [0.4, 0.5) is 13.2 Å². The minimum absolute atomic E-state index is 0.435. The third-order valence-electron chi connectivity index (χ3n) is 2.26. The van der Waals surface area contributed by atoms with Crippen LogP contribution in [0.3, 0.4) is 0 Å². The lowest BCUT2D eigenvalue weighted by Crippen LogP contribution is -2.43. The summed E-state index contributed by atoms with van der Waals surface area (Å²) in [5, 5.41) is 8.62. The summed E-state index contributed by atoms with van der Waals surface area (Å²) in [5.74, 6) is -3.33. The van der Waals surface area contributed by atoms with Crippen LogP contribution in [0.2, 0.25) is 0 Å². The van der Waals surface area contributed by atoms with E-state index in [1.807, 2.05) is 0 Å². The zero-order valence-electron chi connectivity index (χ0n) is 10.2. The standard InChI is InChI=1S/C11H12F3NO4/c1-6(2)15(5-11(12,13)14)9(16)7-3-4-8(19-7)10(17)18/h3-4,6H,5H2,1-2H3,(H,17,18). The molecule has 0 aliphatic carbocycles. The van der Waals surface area contributed by atoms with Gasteiger partial charge in [-0.25, -0.2) is 4.79 Å². The van der Waals surface area contributed by atoms with Gasteiger partial charge in [0, 0.05) is 6.04 Å². The van der Waals surface area contributed by atoms with Crippen molar-refractivity contribution >= 4 is 11.9 Å². The average molecular weight is 279 g/mol. The summed E-state index contributed by atoms with van der Waals surface area (Å²) < 4.78 is 41.8. The topological polar surface area (TPSA) is 70.8 Å². The van der Waals surface area contributed by atoms with Crippen molar-refractivity contribution < 1.29 is 32.3 Å². The largest absolute Gasteiger partial charge is 0.475 e. The van der Waals surface area contributed by atoms with Gasteiger partial charge in [-0.3, -0.25) is 4.79 Å². The first-order chi connectivity index (χ1) is 8.61. The molecule has 1 aromatic heterocycles. The van der Waals surface area contributed by atoms with Gasteiger partial charge in [0.05, 0.1) is 0 Å². The Balaban J connectivity index is 2.96. The molecular formula is C11H12F3NO4. The maximum Gasteiger partial charge on any atom is 0.406 e. The highest BCUT2D eigenvalue weighted by atomic mass is 19.4. The summed E-state index contributed by atoms with van der Waals surface area (Å²) in [6.45, 7) is 1.42. The van der Waals surface area contributed by atoms with Gasteiger partial charge in [0.1, 0.15) is 6.54 Å². The fourth-order valence-electron chi connectivity index (χ4n) is 1.39. The van der Waals surface area contributed by atoms with Gasteiger partial charge >= 0.3 is 12.1 Å². The second-order valence-electron chi connectivity index (χ2n) is 4.11. The number of halogens is 3. The van der Waals surface area contributed by atoms with Crippen LogP contribution in [-0.2, 0) is 0 Å². The molecule has 1 N–H and O–H groups in total. The molecule has 1 rings (SSSR count). The molecule has 0 aliphatic rings. The van der Waals surface area contributed by atoms with Crippen LogP contribution in [0.25, 0.3) is 0 Å². The smallest absolute Gasteiger partial charge is 0.406 e. The molecule has 0 bridgehead atoms. The van der Waals surface area contributed by atoms with E-state index in [-0.39, 0.29) is 0 Å². The predicted octanol–water partition coefficient (Wildman–Crippen LogP) is 2.39. The summed E-state index contributed by atoms with van der Waals surface area (Å²) in [4.78, 5) is 23.0. The zero-order chi connectivity index (χ0) is 14.8. The Morgan fingerprint density at radius 3 is 2.21 bits per heavy atom. The number of amides is 1. The Hall–Kier alpha value is -1.99. The van der Waals surface area contributed by atoms with Gasteiger partial charge in [0.25, 0.3) is 5.91 Å². The van der Waals surface area contributed by atoms with Crippen LogP contribution < -0.4 is 0 Å². The first kappa shape index (κ1) is 15.1. The first-order valence-electron chi connectivity index (χ1n) is 5.32. The van der Waals surface area contributed by atoms with E-state index < -0.39 is 42.2 Å². The van der Waals surface area contributed by atoms with Crippen molar-refractivity contribution in [3.8, 4) is 0 Å². The molecule has 106 valence electrons. The minimum Gasteiger partial charge on any atom is -0.475 e. The van der Waals surface area contributed by atoms with Gasteiger partial charge in [0.15, 0.2) is 5.76 Å². The monoisotopic (exact) mass is 279 g/mol. The number of carbonyl (C=O) groups excluding carboxylic acids is 1. The van der Waals surface area contributed by atoms with Crippen molar-refractivity contribution in [3.63, 3.8) is 0 Å². The lowest BCUT2D eigenvalue weighted by Gasteiger charge is -2.26. The molecule has 0 spiro atoms. The Labute approximate surface area is 106 Å². The van der Waals surface area contributed by atoms with Gasteiger partial charge in [-0.05, 0) is 26.0 Å². The van der Waals surface area contributed by atoms with Crippen LogP contribution in [-0.4, -0.2) is 40.6 Å². The maximum atomic E-state index is 12.4. The van der Waals surface area contributed by atoms with E-state index in [9.17, 15) is 22.8 Å². The van der Waals surface area contributed by atoms with E-state index >= 15 is 0 Å². The predicted molar refractivity (Wildman–Crippen MR) is 57.9 cm³/mol. The van der Waals surface area contributed by atoms with Crippen molar-refractivity contribution in [3.05, 3.63) is 23.7 Å². The van der Waals surface area contributed by atoms with Gasteiger partial charge in [-0.2, -0.15) is 13.2 Å². The molecule has 19 heavy (non-hydrogen) atoms. The third-order valence-corrected chi connectivity index (χ3v) is 2.26. The maximum absolute atomic E-state index is 12.4. The lowest BCUT2D eigenvalue weighted by molar-refractivity contribution is -0.143. The van der Waals surface area contributed by atoms with Crippen LogP contribution in [0.1, 0.15) is 35.0 Å². The number of carboxylic acids is 1. The molecule has 5 nitrogen and oxygen atoms in total. The summed E-state index contributed by atoms with van der Waals surface area (Å²) in [6, 6.07) is 1.35. The van der Waals surface area contributed by atoms with Gasteiger partial charge in [0.2, 0.25) is 5.76 Å². The average Bonchev–Trinajstić information content (AvgIpc) is 2.72. The van der Waals surface area contributed by atoms with E-state index in [0.717, 1.165) is 12.1 Å². The number of rotatable bonds is 4. The van der Waals surface area contributed by atoms with E-state index in [1.165, 1.54) is 13.8 Å². The molecule has 0 fully saturated rings. The SMILES string of the molecule is CC(C)N(CC(F)(F)F)C(=O)c1ccc(C(=O)O)o1. The second kappa shape index (κ2) is 5.33. The van der Waals surface area contributed by atoms with Crippen molar-refractivity contribution in [2.45, 2.75) is 26.1 Å². The van der Waals surface area contributed by atoms with Gasteiger partial charge in [-0.1, -0.05) is 0 Å². The van der Waals surface area contributed by atoms with Crippen LogP contribution in [0, 0.1) is 0 Å². The zero-order valence-corrected chi connectivity index (χ0v) is 10.2. The highest BCUT2D eigenvalue weighted by Gasteiger charge is 2.35. The Morgan fingerprint density at radius 1 is 1.32 bits per heavy atom. The summed E-state index contributed by atoms with van der Waals surface area (Å²) in [7, 11) is 0. The van der Waals surface area contributed by atoms with E-state index in [2.05, 4.69) is 0 Å². The molecule has 1 heterocycles. The third kappa shape index (κ3) is 4.01. The number of hydrogen-bond donors (Lipinski definition) is 1. The van der Waals surface area contributed by atoms with Crippen LogP contribution in [0.15, 0.2) is 16.5 Å². The number of carbonyl (C=O) groups is 2. The summed E-state index contributed by atoms with van der Waals surface area (Å²) >= 11 is 0. The highest BCUT2D eigenvalue weighted by molar-refractivity contribution is 5.93. The number of nitrogens with zero attached hydrogens (tertiary/aromatic N) is 1. The fraction of sp³-hybridized carbons (Fsp3) is 0.455. The summed E-state index contributed by atoms with van der Waals surface area (Å²) in [5.41, 5.74) is 0. The van der Waals surface area contributed by atoms with Crippen molar-refractivity contribution in [2.75, 3.05) is 6.54 Å². The molecular weight excluding hydrogens is 267 g/mol. The Bertz CT molecular complexity index is 479. The summed E-state index contributed by atoms with van der Waals surface area (Å²) in [6.07, 6.45) is -4.54. The van der Waals surface area contributed by atoms with Crippen molar-refractivity contribution in [1.29, 1.82) is 0 Å². The van der Waals surface area contributed by atoms with Gasteiger partial charge < -0.3 is 14.4 Å². The molecule has 0 atom stereocenters. The molecule has 0 aliphatic heterocycles. The number of carboxylic acid groups (broad SMARTS) is 1. The number of aromatic carboxylic acids is 1. The molecule has 0 saturated carbocycles. The number of alkyl halides is 3. The van der Waals surface area contributed by atoms with Gasteiger partial charge in [-0.15, -0.1) is 0 Å². The number of furan rings is 1. The quantitative estimate of drug-likeness (QED) is 0.918. The second-order valence-corrected chi connectivity index (χ2v) is 4.11. The fourth-order valence-corrected chi connectivity index (χ4v) is 1.39. The molecule has 0 radical (unpaired) electrons. The Morgan fingerprint density at radius 2 is 1.84 bits per heavy atom. The van der Waals surface area contributed by atoms with Crippen molar-refractivity contribution in [1.82, 2.24) is 4.90 Å². The molecule has 1 amide bonds. The molecule has 0 aromatic carbocycles. The van der Waals surface area contributed by atoms with E-state index in [4.69, 9.17) is 9.52 Å². The Kier molecular flexibility index (Phi) is 4.23. The minimum atomic E-state index is -4.54. The number of hydrogen-bond acceptors (Lipinski definition) is 3. The molecule has 1 aromatic rings. The van der Waals surface area contributed by atoms with Crippen LogP contribution in [0.5, 0.6) is 0 Å².